The lowest BCUT2D eigenvalue weighted by Gasteiger charge is -2.12. The molecule has 0 atom stereocenters. The molecule has 0 saturated heterocycles. The fourth-order valence-corrected chi connectivity index (χ4v) is 1.99. The number of rotatable bonds is 2. The van der Waals surface area contributed by atoms with E-state index in [2.05, 4.69) is 4.99 Å². The van der Waals surface area contributed by atoms with Gasteiger partial charge >= 0.3 is 0 Å². The van der Waals surface area contributed by atoms with Crippen molar-refractivity contribution in [3.8, 4) is 0 Å². The van der Waals surface area contributed by atoms with Crippen molar-refractivity contribution in [2.75, 3.05) is 0 Å². The maximum Gasteiger partial charge on any atom is 0.154 e. The molecule has 0 spiro atoms. The minimum absolute atomic E-state index is 0.200. The molecule has 0 aromatic rings. The van der Waals surface area contributed by atoms with Crippen LogP contribution in [0.1, 0.15) is 33.1 Å². The van der Waals surface area contributed by atoms with E-state index in [1.54, 1.807) is 0 Å². The second-order valence-corrected chi connectivity index (χ2v) is 4.23. The molecule has 4 heteroatoms. The molecule has 82 valence electrons. The van der Waals surface area contributed by atoms with Gasteiger partial charge in [-0.25, -0.2) is 4.99 Å². The van der Waals surface area contributed by atoms with Gasteiger partial charge in [0.05, 0.1) is 5.57 Å². The van der Waals surface area contributed by atoms with Crippen molar-refractivity contribution in [2.45, 2.75) is 33.1 Å². The predicted molar refractivity (Wildman–Crippen MR) is 64.5 cm³/mol. The second kappa shape index (κ2) is 5.47. The van der Waals surface area contributed by atoms with Crippen molar-refractivity contribution in [3.05, 3.63) is 21.9 Å². The summed E-state index contributed by atoms with van der Waals surface area (Å²) in [7, 11) is 0. The molecule has 0 aromatic carbocycles. The number of hydrogen-bond donors (Lipinski definition) is 0. The molecule has 0 radical (unpaired) electrons. The van der Waals surface area contributed by atoms with Crippen LogP contribution in [0.4, 0.5) is 0 Å². The van der Waals surface area contributed by atoms with Gasteiger partial charge in [0.2, 0.25) is 0 Å². The Hall–Kier alpha value is -0.600. The van der Waals surface area contributed by atoms with Gasteiger partial charge in [-0.15, -0.1) is 0 Å². The Kier molecular flexibility index (Phi) is 4.55. The number of allylic oxidation sites excluding steroid dienone is 4. The van der Waals surface area contributed by atoms with Crippen LogP contribution in [-0.2, 0) is 4.79 Å². The molecule has 0 aliphatic carbocycles. The number of hydrogen-bond acceptors (Lipinski definition) is 2. The van der Waals surface area contributed by atoms with E-state index in [0.29, 0.717) is 23.3 Å². The van der Waals surface area contributed by atoms with Crippen LogP contribution >= 0.6 is 23.2 Å². The zero-order valence-electron chi connectivity index (χ0n) is 8.81. The first-order valence-electron chi connectivity index (χ1n) is 4.87. The van der Waals surface area contributed by atoms with E-state index in [1.165, 1.54) is 5.57 Å². The van der Waals surface area contributed by atoms with Crippen LogP contribution in [0.15, 0.2) is 26.9 Å². The number of carbonyl (C=O) groups excluding carboxylic acids is 1. The maximum atomic E-state index is 10.8. The number of aldehydes is 1. The van der Waals surface area contributed by atoms with E-state index in [1.807, 2.05) is 13.8 Å². The maximum absolute atomic E-state index is 10.8. The Morgan fingerprint density at radius 2 is 2.07 bits per heavy atom. The van der Waals surface area contributed by atoms with Gasteiger partial charge in [-0.3, -0.25) is 4.79 Å². The lowest BCUT2D eigenvalue weighted by molar-refractivity contribution is -0.104. The molecule has 1 heterocycles. The second-order valence-electron chi connectivity index (χ2n) is 3.42. The monoisotopic (exact) mass is 245 g/mol. The third-order valence-corrected chi connectivity index (χ3v) is 3.09. The highest BCUT2D eigenvalue weighted by Gasteiger charge is 2.14. The van der Waals surface area contributed by atoms with Gasteiger partial charge in [0.25, 0.3) is 0 Å². The van der Waals surface area contributed by atoms with Crippen LogP contribution in [-0.4, -0.2) is 11.5 Å². The summed E-state index contributed by atoms with van der Waals surface area (Å²) in [6, 6.07) is 0. The lowest BCUT2D eigenvalue weighted by Crippen LogP contribution is -2.03. The van der Waals surface area contributed by atoms with Crippen LogP contribution in [0.5, 0.6) is 0 Å². The molecule has 1 aliphatic rings. The van der Waals surface area contributed by atoms with Crippen LogP contribution in [0, 0.1) is 0 Å². The first-order valence-corrected chi connectivity index (χ1v) is 5.62. The van der Waals surface area contributed by atoms with E-state index in [0.717, 1.165) is 18.5 Å². The van der Waals surface area contributed by atoms with Gasteiger partial charge in [0.15, 0.2) is 6.29 Å². The lowest BCUT2D eigenvalue weighted by atomic mass is 10.1. The van der Waals surface area contributed by atoms with Crippen molar-refractivity contribution < 1.29 is 4.79 Å². The molecule has 15 heavy (non-hydrogen) atoms. The molecule has 0 fully saturated rings. The zero-order valence-corrected chi connectivity index (χ0v) is 10.3. The molecule has 0 aromatic heterocycles. The molecule has 0 N–H and O–H groups in total. The molecule has 1 aliphatic heterocycles. The quantitative estimate of drug-likeness (QED) is 0.681. The van der Waals surface area contributed by atoms with Gasteiger partial charge in [-0.1, -0.05) is 35.7 Å². The summed E-state index contributed by atoms with van der Waals surface area (Å²) in [6.07, 6.45) is 2.96. The highest BCUT2D eigenvalue weighted by atomic mass is 35.5. The SMILES string of the molecule is CCC1=C(C)CCC(Cl)=C(C=O)C(Cl)=N1. The molecular formula is C11H13Cl2NO. The molecule has 1 rings (SSSR count). The highest BCUT2D eigenvalue weighted by Crippen LogP contribution is 2.26. The normalized spacial score (nSPS) is 18.5. The standard InChI is InChI=1S/C11H13Cl2NO/c1-3-10-7(2)4-5-9(12)8(6-15)11(13)14-10/h6H,3-5H2,1-2H3. The van der Waals surface area contributed by atoms with Gasteiger partial charge in [0.1, 0.15) is 5.17 Å². The minimum Gasteiger partial charge on any atom is -0.298 e. The number of halogens is 2. The Morgan fingerprint density at radius 1 is 1.40 bits per heavy atom. The molecule has 2 nitrogen and oxygen atoms in total. The minimum atomic E-state index is 0.200. The molecule has 0 bridgehead atoms. The van der Waals surface area contributed by atoms with Crippen LogP contribution in [0.3, 0.4) is 0 Å². The Balaban J connectivity index is 3.21. The largest absolute Gasteiger partial charge is 0.298 e. The third-order valence-electron chi connectivity index (χ3n) is 2.41. The summed E-state index contributed by atoms with van der Waals surface area (Å²) in [5.41, 5.74) is 2.44. The van der Waals surface area contributed by atoms with Crippen molar-refractivity contribution >= 4 is 34.7 Å². The van der Waals surface area contributed by atoms with Crippen LogP contribution in [0.2, 0.25) is 0 Å². The molecular weight excluding hydrogens is 233 g/mol. The number of nitrogens with zero attached hydrogens (tertiary/aromatic N) is 1. The zero-order chi connectivity index (χ0) is 11.4. The Labute approximate surface area is 99.7 Å². The summed E-state index contributed by atoms with van der Waals surface area (Å²) in [4.78, 5) is 15.0. The predicted octanol–water partition coefficient (Wildman–Crippen LogP) is 3.79. The van der Waals surface area contributed by atoms with Crippen molar-refractivity contribution in [1.82, 2.24) is 0 Å². The summed E-state index contributed by atoms with van der Waals surface area (Å²) < 4.78 is 0. The van der Waals surface area contributed by atoms with Gasteiger partial charge in [-0.05, 0) is 26.2 Å². The van der Waals surface area contributed by atoms with Crippen molar-refractivity contribution in [3.63, 3.8) is 0 Å². The van der Waals surface area contributed by atoms with Crippen molar-refractivity contribution in [2.24, 2.45) is 4.99 Å². The first-order chi connectivity index (χ1) is 7.10. The number of aliphatic imine (C=N–C) groups is 1. The van der Waals surface area contributed by atoms with Gasteiger partial charge < -0.3 is 0 Å². The highest BCUT2D eigenvalue weighted by molar-refractivity contribution is 6.72. The first kappa shape index (κ1) is 12.5. The average molecular weight is 246 g/mol. The number of carbonyl (C=O) groups is 1. The average Bonchev–Trinajstić information content (AvgIpc) is 2.22. The van der Waals surface area contributed by atoms with E-state index in [9.17, 15) is 4.79 Å². The van der Waals surface area contributed by atoms with Crippen molar-refractivity contribution in [1.29, 1.82) is 0 Å². The fourth-order valence-electron chi connectivity index (χ4n) is 1.46. The molecule has 0 unspecified atom stereocenters. The van der Waals surface area contributed by atoms with E-state index >= 15 is 0 Å². The summed E-state index contributed by atoms with van der Waals surface area (Å²) >= 11 is 11.9. The summed E-state index contributed by atoms with van der Waals surface area (Å²) in [6.45, 7) is 4.03. The molecule has 0 saturated carbocycles. The third kappa shape index (κ3) is 2.93. The Bertz CT molecular complexity index is 367. The fraction of sp³-hybridized carbons (Fsp3) is 0.455. The summed E-state index contributed by atoms with van der Waals surface area (Å²) in [5.74, 6) is 0. The summed E-state index contributed by atoms with van der Waals surface area (Å²) in [5, 5.41) is 0.694. The molecule has 0 amide bonds. The smallest absolute Gasteiger partial charge is 0.154 e. The Morgan fingerprint density at radius 3 is 2.60 bits per heavy atom. The van der Waals surface area contributed by atoms with E-state index in [4.69, 9.17) is 23.2 Å². The topological polar surface area (TPSA) is 29.4 Å². The van der Waals surface area contributed by atoms with E-state index < -0.39 is 0 Å². The van der Waals surface area contributed by atoms with Gasteiger partial charge in [-0.2, -0.15) is 0 Å². The van der Waals surface area contributed by atoms with E-state index in [-0.39, 0.29) is 5.17 Å². The van der Waals surface area contributed by atoms with Crippen LogP contribution < -0.4 is 0 Å². The van der Waals surface area contributed by atoms with Gasteiger partial charge in [0, 0.05) is 10.7 Å². The van der Waals surface area contributed by atoms with Crippen LogP contribution in [0.25, 0.3) is 0 Å².